The molecule has 2 N–H and O–H groups in total. The number of rotatable bonds is 5. The number of aromatic nitrogens is 1. The topological polar surface area (TPSA) is 79.3 Å². The molecule has 0 aliphatic heterocycles. The van der Waals surface area contributed by atoms with Gasteiger partial charge in [-0.3, -0.25) is 9.78 Å². The fraction of sp³-hybridized carbons (Fsp3) is 0.364. The maximum absolute atomic E-state index is 11.7. The highest BCUT2D eigenvalue weighted by Crippen LogP contribution is 2.08. The third-order valence-electron chi connectivity index (χ3n) is 2.14. The Kier molecular flexibility index (Phi) is 4.90. The molecule has 0 bridgehead atoms. The number of hydrogen-bond donors (Lipinski definition) is 2. The lowest BCUT2D eigenvalue weighted by atomic mass is 10.1. The van der Waals surface area contributed by atoms with E-state index in [9.17, 15) is 9.59 Å². The molecule has 92 valence electrons. The first-order chi connectivity index (χ1) is 8.04. The van der Waals surface area contributed by atoms with E-state index in [1.165, 1.54) is 12.3 Å². The number of hydrogen-bond acceptors (Lipinski definition) is 3. The Balaban J connectivity index is 2.73. The number of carbonyl (C=O) groups excluding carboxylic acids is 1. The molecule has 1 aromatic rings. The van der Waals surface area contributed by atoms with Crippen molar-refractivity contribution in [3.63, 3.8) is 0 Å². The Bertz CT molecular complexity index is 423. The molecule has 0 radical (unpaired) electrons. The van der Waals surface area contributed by atoms with Crippen LogP contribution >= 0.6 is 11.6 Å². The molecule has 1 rings (SSSR count). The monoisotopic (exact) mass is 256 g/mol. The van der Waals surface area contributed by atoms with Crippen LogP contribution in [0.1, 0.15) is 30.3 Å². The van der Waals surface area contributed by atoms with Crippen molar-refractivity contribution in [3.05, 3.63) is 29.0 Å². The predicted octanol–water partition coefficient (Wildman–Crippen LogP) is 1.72. The van der Waals surface area contributed by atoms with Crippen LogP contribution in [0.3, 0.4) is 0 Å². The van der Waals surface area contributed by atoms with E-state index in [-0.39, 0.29) is 5.69 Å². The molecule has 1 heterocycles. The first-order valence-electron chi connectivity index (χ1n) is 5.19. The van der Waals surface area contributed by atoms with E-state index in [2.05, 4.69) is 10.3 Å². The number of aliphatic carboxylic acids is 1. The SMILES string of the molecule is CCCC(NC(=O)c1cc(Cl)ccn1)C(=O)O. The zero-order valence-electron chi connectivity index (χ0n) is 9.31. The van der Waals surface area contributed by atoms with Gasteiger partial charge in [0.15, 0.2) is 0 Å². The van der Waals surface area contributed by atoms with Crippen molar-refractivity contribution in [2.75, 3.05) is 0 Å². The molecular formula is C11H13ClN2O3. The van der Waals surface area contributed by atoms with Gasteiger partial charge >= 0.3 is 5.97 Å². The quantitative estimate of drug-likeness (QED) is 0.841. The van der Waals surface area contributed by atoms with Crippen LogP contribution in [0, 0.1) is 0 Å². The van der Waals surface area contributed by atoms with Crippen LogP contribution in [0.15, 0.2) is 18.3 Å². The number of pyridine rings is 1. The molecule has 0 aliphatic carbocycles. The average Bonchev–Trinajstić information content (AvgIpc) is 2.28. The minimum Gasteiger partial charge on any atom is -0.480 e. The molecule has 0 fully saturated rings. The van der Waals surface area contributed by atoms with E-state index in [4.69, 9.17) is 16.7 Å². The first kappa shape index (κ1) is 13.4. The van der Waals surface area contributed by atoms with Crippen LogP contribution in [-0.2, 0) is 4.79 Å². The molecule has 1 aromatic heterocycles. The molecule has 0 saturated heterocycles. The van der Waals surface area contributed by atoms with Gasteiger partial charge in [-0.2, -0.15) is 0 Å². The zero-order chi connectivity index (χ0) is 12.8. The smallest absolute Gasteiger partial charge is 0.326 e. The normalized spacial score (nSPS) is 11.9. The summed E-state index contributed by atoms with van der Waals surface area (Å²) >= 11 is 5.71. The number of carboxylic acids is 1. The van der Waals surface area contributed by atoms with Gasteiger partial charge in [-0.1, -0.05) is 24.9 Å². The van der Waals surface area contributed by atoms with Gasteiger partial charge in [0.25, 0.3) is 5.91 Å². The van der Waals surface area contributed by atoms with Gasteiger partial charge in [0, 0.05) is 11.2 Å². The van der Waals surface area contributed by atoms with Gasteiger partial charge in [-0.25, -0.2) is 4.79 Å². The molecule has 0 aromatic carbocycles. The van der Waals surface area contributed by atoms with Crippen LogP contribution in [0.25, 0.3) is 0 Å². The summed E-state index contributed by atoms with van der Waals surface area (Å²) < 4.78 is 0. The lowest BCUT2D eigenvalue weighted by molar-refractivity contribution is -0.139. The Morgan fingerprint density at radius 3 is 2.82 bits per heavy atom. The minimum absolute atomic E-state index is 0.111. The van der Waals surface area contributed by atoms with E-state index >= 15 is 0 Å². The maximum Gasteiger partial charge on any atom is 0.326 e. The summed E-state index contributed by atoms with van der Waals surface area (Å²) in [6.07, 6.45) is 2.44. The largest absolute Gasteiger partial charge is 0.480 e. The highest BCUT2D eigenvalue weighted by molar-refractivity contribution is 6.30. The molecule has 0 spiro atoms. The van der Waals surface area contributed by atoms with E-state index in [0.29, 0.717) is 17.9 Å². The minimum atomic E-state index is -1.05. The van der Waals surface area contributed by atoms with Gasteiger partial charge in [-0.15, -0.1) is 0 Å². The first-order valence-corrected chi connectivity index (χ1v) is 5.57. The van der Waals surface area contributed by atoms with Crippen molar-refractivity contribution in [2.45, 2.75) is 25.8 Å². The van der Waals surface area contributed by atoms with Crippen molar-refractivity contribution in [3.8, 4) is 0 Å². The molecule has 5 nitrogen and oxygen atoms in total. The van der Waals surface area contributed by atoms with E-state index in [0.717, 1.165) is 0 Å². The predicted molar refractivity (Wildman–Crippen MR) is 63.0 cm³/mol. The van der Waals surface area contributed by atoms with Gasteiger partial charge < -0.3 is 10.4 Å². The number of nitrogens with one attached hydrogen (secondary N) is 1. The molecule has 0 saturated carbocycles. The van der Waals surface area contributed by atoms with Gasteiger partial charge in [-0.05, 0) is 18.6 Å². The lowest BCUT2D eigenvalue weighted by Gasteiger charge is -2.12. The number of nitrogens with zero attached hydrogens (tertiary/aromatic N) is 1. The summed E-state index contributed by atoms with van der Waals surface area (Å²) in [5.74, 6) is -1.59. The summed E-state index contributed by atoms with van der Waals surface area (Å²) in [4.78, 5) is 26.4. The third kappa shape index (κ3) is 4.03. The number of carbonyl (C=O) groups is 2. The highest BCUT2D eigenvalue weighted by Gasteiger charge is 2.20. The highest BCUT2D eigenvalue weighted by atomic mass is 35.5. The Morgan fingerprint density at radius 1 is 1.59 bits per heavy atom. The van der Waals surface area contributed by atoms with E-state index in [1.807, 2.05) is 6.92 Å². The van der Waals surface area contributed by atoms with Crippen molar-refractivity contribution in [2.24, 2.45) is 0 Å². The van der Waals surface area contributed by atoms with E-state index in [1.54, 1.807) is 6.07 Å². The van der Waals surface area contributed by atoms with Crippen LogP contribution in [0.2, 0.25) is 5.02 Å². The second-order valence-electron chi connectivity index (χ2n) is 3.51. The Hall–Kier alpha value is -1.62. The van der Waals surface area contributed by atoms with Crippen LogP contribution in [0.5, 0.6) is 0 Å². The second kappa shape index (κ2) is 6.20. The fourth-order valence-corrected chi connectivity index (χ4v) is 1.47. The van der Waals surface area contributed by atoms with Crippen molar-refractivity contribution in [1.29, 1.82) is 0 Å². The van der Waals surface area contributed by atoms with Crippen LogP contribution in [0.4, 0.5) is 0 Å². The van der Waals surface area contributed by atoms with Crippen molar-refractivity contribution >= 4 is 23.5 Å². The van der Waals surface area contributed by atoms with Gasteiger partial charge in [0.1, 0.15) is 11.7 Å². The van der Waals surface area contributed by atoms with Crippen LogP contribution < -0.4 is 5.32 Å². The summed E-state index contributed by atoms with van der Waals surface area (Å²) in [6.45, 7) is 1.85. The number of halogens is 1. The molecule has 1 unspecified atom stereocenters. The molecule has 0 aliphatic rings. The fourth-order valence-electron chi connectivity index (χ4n) is 1.31. The van der Waals surface area contributed by atoms with Crippen molar-refractivity contribution in [1.82, 2.24) is 10.3 Å². The van der Waals surface area contributed by atoms with Gasteiger partial charge in [0.05, 0.1) is 0 Å². The Morgan fingerprint density at radius 2 is 2.29 bits per heavy atom. The molecule has 1 atom stereocenters. The average molecular weight is 257 g/mol. The third-order valence-corrected chi connectivity index (χ3v) is 2.37. The maximum atomic E-state index is 11.7. The summed E-state index contributed by atoms with van der Waals surface area (Å²) in [6, 6.07) is 2.04. The van der Waals surface area contributed by atoms with Crippen LogP contribution in [-0.4, -0.2) is 28.0 Å². The summed E-state index contributed by atoms with van der Waals surface area (Å²) in [7, 11) is 0. The number of amides is 1. The molecule has 17 heavy (non-hydrogen) atoms. The number of carboxylic acid groups (broad SMARTS) is 1. The standard InChI is InChI=1S/C11H13ClN2O3/c1-2-3-8(11(16)17)14-10(15)9-6-7(12)4-5-13-9/h4-6,8H,2-3H2,1H3,(H,14,15)(H,16,17). The van der Waals surface area contributed by atoms with Gasteiger partial charge in [0.2, 0.25) is 0 Å². The molecule has 1 amide bonds. The Labute approximate surface area is 104 Å². The lowest BCUT2D eigenvalue weighted by Crippen LogP contribution is -2.40. The van der Waals surface area contributed by atoms with Crippen molar-refractivity contribution < 1.29 is 14.7 Å². The summed E-state index contributed by atoms with van der Waals surface area (Å²) in [5.41, 5.74) is 0.111. The molecular weight excluding hydrogens is 244 g/mol. The van der Waals surface area contributed by atoms with E-state index < -0.39 is 17.9 Å². The second-order valence-corrected chi connectivity index (χ2v) is 3.95. The summed E-state index contributed by atoms with van der Waals surface area (Å²) in [5, 5.41) is 11.7. The molecule has 6 heteroatoms. The zero-order valence-corrected chi connectivity index (χ0v) is 10.1.